The molecule has 1 aliphatic heterocycles. The number of amides is 1. The number of aliphatic hydroxyl groups is 1. The van der Waals surface area contributed by atoms with Crippen LogP contribution in [0.2, 0.25) is 0 Å². The third kappa shape index (κ3) is 2.93. The van der Waals surface area contributed by atoms with Crippen molar-refractivity contribution in [1.29, 1.82) is 0 Å². The van der Waals surface area contributed by atoms with E-state index in [2.05, 4.69) is 5.32 Å². The number of fused-ring (bicyclic) bond motifs is 1. The summed E-state index contributed by atoms with van der Waals surface area (Å²) in [6.07, 6.45) is 4.99. The third-order valence-electron chi connectivity index (χ3n) is 3.33. The summed E-state index contributed by atoms with van der Waals surface area (Å²) in [5.41, 5.74) is 1.58. The van der Waals surface area contributed by atoms with Gasteiger partial charge in [-0.15, -0.1) is 0 Å². The molecule has 0 aromatic heterocycles. The van der Waals surface area contributed by atoms with E-state index in [9.17, 15) is 4.79 Å². The Kier molecular flexibility index (Phi) is 4.63. The smallest absolute Gasteiger partial charge is 0.231 e. The SMILES string of the molecule is COc1cc2c(cc1OC)NC(=O)C(CCCO)C=C2. The zero-order valence-corrected chi connectivity index (χ0v) is 11.7. The number of ether oxygens (including phenoxy) is 2. The highest BCUT2D eigenvalue weighted by atomic mass is 16.5. The van der Waals surface area contributed by atoms with E-state index >= 15 is 0 Å². The second-order valence-corrected chi connectivity index (χ2v) is 4.62. The summed E-state index contributed by atoms with van der Waals surface area (Å²) in [6.45, 7) is 0.0895. The van der Waals surface area contributed by atoms with Gasteiger partial charge < -0.3 is 19.9 Å². The number of benzene rings is 1. The highest BCUT2D eigenvalue weighted by Crippen LogP contribution is 2.35. The first-order chi connectivity index (χ1) is 9.69. The van der Waals surface area contributed by atoms with Crippen LogP contribution in [0.4, 0.5) is 5.69 Å². The molecular formula is C15H19NO4. The molecule has 0 saturated heterocycles. The van der Waals surface area contributed by atoms with Crippen LogP contribution in [0.1, 0.15) is 18.4 Å². The van der Waals surface area contributed by atoms with Crippen molar-refractivity contribution < 1.29 is 19.4 Å². The van der Waals surface area contributed by atoms with Gasteiger partial charge >= 0.3 is 0 Å². The molecule has 1 amide bonds. The maximum Gasteiger partial charge on any atom is 0.231 e. The average molecular weight is 277 g/mol. The molecular weight excluding hydrogens is 258 g/mol. The Morgan fingerprint density at radius 1 is 1.25 bits per heavy atom. The minimum atomic E-state index is -0.230. The quantitative estimate of drug-likeness (QED) is 0.864. The molecule has 0 fully saturated rings. The number of carbonyl (C=O) groups excluding carboxylic acids is 1. The van der Waals surface area contributed by atoms with Gasteiger partial charge in [0.1, 0.15) is 0 Å². The lowest BCUT2D eigenvalue weighted by Gasteiger charge is -2.13. The number of rotatable bonds is 5. The molecule has 1 aromatic rings. The lowest BCUT2D eigenvalue weighted by atomic mass is 10.0. The van der Waals surface area contributed by atoms with Crippen LogP contribution in [0.25, 0.3) is 6.08 Å². The number of nitrogens with one attached hydrogen (secondary N) is 1. The van der Waals surface area contributed by atoms with E-state index in [0.717, 1.165) is 5.56 Å². The van der Waals surface area contributed by atoms with E-state index < -0.39 is 0 Å². The zero-order chi connectivity index (χ0) is 14.5. The van der Waals surface area contributed by atoms with Gasteiger partial charge in [-0.25, -0.2) is 0 Å². The molecule has 0 spiro atoms. The number of hydrogen-bond donors (Lipinski definition) is 2. The van der Waals surface area contributed by atoms with Gasteiger partial charge in [-0.1, -0.05) is 12.2 Å². The standard InChI is InChI=1S/C15H19NO4/c1-19-13-8-11-6-5-10(4-3-7-17)15(18)16-12(11)9-14(13)20-2/h5-6,8-10,17H,3-4,7H2,1-2H3,(H,16,18). The van der Waals surface area contributed by atoms with Crippen molar-refractivity contribution in [3.05, 3.63) is 23.8 Å². The van der Waals surface area contributed by atoms with Crippen LogP contribution in [0.5, 0.6) is 11.5 Å². The van der Waals surface area contributed by atoms with Gasteiger partial charge in [0.05, 0.1) is 25.8 Å². The van der Waals surface area contributed by atoms with Crippen molar-refractivity contribution in [2.45, 2.75) is 12.8 Å². The first kappa shape index (κ1) is 14.4. The van der Waals surface area contributed by atoms with E-state index in [1.54, 1.807) is 20.3 Å². The minimum Gasteiger partial charge on any atom is -0.493 e. The van der Waals surface area contributed by atoms with Gasteiger partial charge in [0.25, 0.3) is 0 Å². The first-order valence-corrected chi connectivity index (χ1v) is 6.55. The molecule has 1 aromatic carbocycles. The molecule has 0 bridgehead atoms. The first-order valence-electron chi connectivity index (χ1n) is 6.55. The summed E-state index contributed by atoms with van der Waals surface area (Å²) < 4.78 is 10.5. The van der Waals surface area contributed by atoms with Gasteiger partial charge in [0, 0.05) is 18.2 Å². The summed E-state index contributed by atoms with van der Waals surface area (Å²) in [5, 5.41) is 11.8. The Labute approximate surface area is 118 Å². The predicted octanol–water partition coefficient (Wildman–Crippen LogP) is 2.06. The number of methoxy groups -OCH3 is 2. The van der Waals surface area contributed by atoms with Gasteiger partial charge in [0.15, 0.2) is 11.5 Å². The summed E-state index contributed by atoms with van der Waals surface area (Å²) >= 11 is 0. The average Bonchev–Trinajstić information content (AvgIpc) is 2.61. The van der Waals surface area contributed by atoms with E-state index in [1.165, 1.54) is 0 Å². The Balaban J connectivity index is 2.31. The molecule has 108 valence electrons. The maximum atomic E-state index is 12.1. The molecule has 1 aliphatic rings. The summed E-state index contributed by atoms with van der Waals surface area (Å²) in [5.74, 6) is 0.903. The Morgan fingerprint density at radius 3 is 2.60 bits per heavy atom. The van der Waals surface area contributed by atoms with Crippen molar-refractivity contribution in [1.82, 2.24) is 0 Å². The second-order valence-electron chi connectivity index (χ2n) is 4.62. The Hall–Kier alpha value is -2.01. The summed E-state index contributed by atoms with van der Waals surface area (Å²) in [6, 6.07) is 3.59. The zero-order valence-electron chi connectivity index (χ0n) is 11.7. The molecule has 1 heterocycles. The maximum absolute atomic E-state index is 12.1. The molecule has 1 atom stereocenters. The van der Waals surface area contributed by atoms with Crippen molar-refractivity contribution in [2.75, 3.05) is 26.1 Å². The minimum absolute atomic E-state index is 0.0688. The van der Waals surface area contributed by atoms with E-state index in [1.807, 2.05) is 18.2 Å². The molecule has 2 rings (SSSR count). The van der Waals surface area contributed by atoms with Crippen LogP contribution >= 0.6 is 0 Å². The van der Waals surface area contributed by atoms with Crippen LogP contribution in [0, 0.1) is 5.92 Å². The van der Waals surface area contributed by atoms with Gasteiger partial charge in [-0.3, -0.25) is 4.79 Å². The van der Waals surface area contributed by atoms with Gasteiger partial charge in [0.2, 0.25) is 5.91 Å². The van der Waals surface area contributed by atoms with E-state index in [-0.39, 0.29) is 18.4 Å². The number of carbonyl (C=O) groups is 1. The van der Waals surface area contributed by atoms with Crippen LogP contribution in [-0.2, 0) is 4.79 Å². The Bertz CT molecular complexity index is 525. The van der Waals surface area contributed by atoms with E-state index in [4.69, 9.17) is 14.6 Å². The fourth-order valence-electron chi connectivity index (χ4n) is 2.21. The monoisotopic (exact) mass is 277 g/mol. The van der Waals surface area contributed by atoms with Crippen LogP contribution in [0.15, 0.2) is 18.2 Å². The lowest BCUT2D eigenvalue weighted by Crippen LogP contribution is -2.20. The van der Waals surface area contributed by atoms with Crippen molar-refractivity contribution in [3.8, 4) is 11.5 Å². The fraction of sp³-hybridized carbons (Fsp3) is 0.400. The van der Waals surface area contributed by atoms with Crippen molar-refractivity contribution in [3.63, 3.8) is 0 Å². The summed E-state index contributed by atoms with van der Waals surface area (Å²) in [4.78, 5) is 12.1. The number of aliphatic hydroxyl groups excluding tert-OH is 1. The fourth-order valence-corrected chi connectivity index (χ4v) is 2.21. The molecule has 1 unspecified atom stereocenters. The molecule has 0 saturated carbocycles. The molecule has 0 aliphatic carbocycles. The Morgan fingerprint density at radius 2 is 1.95 bits per heavy atom. The third-order valence-corrected chi connectivity index (χ3v) is 3.33. The summed E-state index contributed by atoms with van der Waals surface area (Å²) in [7, 11) is 3.13. The second kappa shape index (κ2) is 6.43. The van der Waals surface area contributed by atoms with E-state index in [0.29, 0.717) is 30.0 Å². The molecule has 0 radical (unpaired) electrons. The van der Waals surface area contributed by atoms with Crippen molar-refractivity contribution in [2.24, 2.45) is 5.92 Å². The van der Waals surface area contributed by atoms with Crippen LogP contribution < -0.4 is 14.8 Å². The largest absolute Gasteiger partial charge is 0.493 e. The predicted molar refractivity (Wildman–Crippen MR) is 77.0 cm³/mol. The molecule has 5 heteroatoms. The van der Waals surface area contributed by atoms with Crippen molar-refractivity contribution >= 4 is 17.7 Å². The lowest BCUT2D eigenvalue weighted by molar-refractivity contribution is -0.118. The molecule has 2 N–H and O–H groups in total. The van der Waals surface area contributed by atoms with Crippen LogP contribution in [0.3, 0.4) is 0 Å². The number of hydrogen-bond acceptors (Lipinski definition) is 4. The number of anilines is 1. The molecule has 5 nitrogen and oxygen atoms in total. The highest BCUT2D eigenvalue weighted by Gasteiger charge is 2.20. The van der Waals surface area contributed by atoms with Crippen LogP contribution in [-0.4, -0.2) is 31.8 Å². The highest BCUT2D eigenvalue weighted by molar-refractivity contribution is 5.98. The van der Waals surface area contributed by atoms with Gasteiger partial charge in [-0.2, -0.15) is 0 Å². The molecule has 20 heavy (non-hydrogen) atoms. The normalized spacial score (nSPS) is 17.1. The van der Waals surface area contributed by atoms with Gasteiger partial charge in [-0.05, 0) is 18.9 Å². The topological polar surface area (TPSA) is 67.8 Å².